The van der Waals surface area contributed by atoms with Crippen molar-refractivity contribution < 1.29 is 9.05 Å². The Morgan fingerprint density at radius 2 is 0.543 bits per heavy atom. The van der Waals surface area contributed by atoms with Crippen molar-refractivity contribution in [2.75, 3.05) is 13.2 Å². The van der Waals surface area contributed by atoms with E-state index in [-0.39, 0.29) is 0 Å². The third-order valence-corrected chi connectivity index (χ3v) is 9.26. The molecule has 0 spiro atoms. The number of hydrogen-bond acceptors (Lipinski definition) is 4. The third-order valence-electron chi connectivity index (χ3n) is 6.99. The summed E-state index contributed by atoms with van der Waals surface area (Å²) in [6.45, 7) is 5.93. The summed E-state index contributed by atoms with van der Waals surface area (Å²) in [7, 11) is 0. The fraction of sp³-hybridized carbons (Fsp3) is 1.00. The number of rotatable bonds is 30. The Morgan fingerprint density at radius 1 is 0.343 bits per heavy atom. The number of unbranched alkanes of at least 4 members (excludes halogenated alkanes) is 24. The molecule has 0 amide bonds. The molecule has 0 aliphatic carbocycles. The van der Waals surface area contributed by atoms with Crippen LogP contribution in [0.2, 0.25) is 0 Å². The minimum atomic E-state index is -2.44. The van der Waals surface area contributed by atoms with Crippen LogP contribution in [-0.2, 0) is 33.5 Å². The molecule has 0 aliphatic rings. The highest BCUT2D eigenvalue weighted by molar-refractivity contribution is 8.70. The van der Waals surface area contributed by atoms with E-state index in [1.807, 2.05) is 0 Å². The molecule has 0 rings (SSSR count). The summed E-state index contributed by atoms with van der Waals surface area (Å²) < 4.78 is 11.5. The van der Waals surface area contributed by atoms with Gasteiger partial charge in [-0.05, 0) is 12.8 Å². The summed E-state index contributed by atoms with van der Waals surface area (Å²) in [6.07, 6.45) is 32.9. The predicted molar refractivity (Wildman–Crippen MR) is 165 cm³/mol. The molecule has 35 heavy (non-hydrogen) atoms. The van der Waals surface area contributed by atoms with E-state index < -0.39 is 6.12 Å². The zero-order chi connectivity index (χ0) is 25.7. The maximum atomic E-state index is 5.76. The molecule has 0 aromatic heterocycles. The van der Waals surface area contributed by atoms with Gasteiger partial charge in [-0.25, -0.2) is 0 Å². The largest absolute Gasteiger partial charge is 0.516 e. The second-order valence-corrected chi connectivity index (χ2v) is 15.6. The summed E-state index contributed by atoms with van der Waals surface area (Å²) in [5, 5.41) is 0. The fourth-order valence-electron chi connectivity index (χ4n) is 4.63. The Balaban J connectivity index is 3.28. The molecule has 212 valence electrons. The van der Waals surface area contributed by atoms with Crippen molar-refractivity contribution in [1.29, 1.82) is 0 Å². The summed E-state index contributed by atoms with van der Waals surface area (Å²) >= 11 is 10.8. The second-order valence-electron chi connectivity index (χ2n) is 10.6. The Kier molecular flexibility index (Phi) is 30.5. The summed E-state index contributed by atoms with van der Waals surface area (Å²) in [5.41, 5.74) is 0. The first-order chi connectivity index (χ1) is 17.1. The molecular formula is C30H62O2PS2-. The Labute approximate surface area is 233 Å². The van der Waals surface area contributed by atoms with Crippen LogP contribution in [0.4, 0.5) is 0 Å². The summed E-state index contributed by atoms with van der Waals surface area (Å²) in [5.74, 6) is 0. The maximum Gasteiger partial charge on any atom is 0.0892 e. The van der Waals surface area contributed by atoms with Gasteiger partial charge in [0, 0.05) is 6.12 Å². The molecule has 0 fully saturated rings. The maximum absolute atomic E-state index is 5.76. The Bertz CT molecular complexity index is 363. The lowest BCUT2D eigenvalue weighted by Crippen LogP contribution is -2.01. The predicted octanol–water partition coefficient (Wildman–Crippen LogP) is 12.0. The van der Waals surface area contributed by atoms with Gasteiger partial charge in [-0.1, -0.05) is 168 Å². The van der Waals surface area contributed by atoms with Gasteiger partial charge >= 0.3 is 0 Å². The standard InChI is InChI=1S/C30H63O2PS2/c1-3-5-7-9-11-13-15-17-19-21-23-25-27-29-31-33(34,35)32-30-28-26-24-22-20-18-16-14-12-10-8-6-4-2/h3-30H2,1-2H3,(H,34,35)/p-1. The highest BCUT2D eigenvalue weighted by atomic mass is 33.1. The molecule has 0 saturated heterocycles. The van der Waals surface area contributed by atoms with Crippen molar-refractivity contribution in [1.82, 2.24) is 0 Å². The molecule has 0 aromatic carbocycles. The number of hydrogen-bond donors (Lipinski definition) is 0. The summed E-state index contributed by atoms with van der Waals surface area (Å²) in [6, 6.07) is 0. The molecule has 0 N–H and O–H groups in total. The molecule has 0 radical (unpaired) electrons. The molecule has 2 nitrogen and oxygen atoms in total. The molecule has 0 bridgehead atoms. The SMILES string of the molecule is CCCCCCCCCCCCCCCO[P+]([S-])([S-])OCCCCCCCCCCCCCCC. The summed E-state index contributed by atoms with van der Waals surface area (Å²) in [4.78, 5) is 0. The minimum absolute atomic E-state index is 0.678. The smallest absolute Gasteiger partial charge is 0.0892 e. The molecule has 5 heteroatoms. The van der Waals surface area contributed by atoms with Gasteiger partial charge in [0.15, 0.2) is 0 Å². The lowest BCUT2D eigenvalue weighted by Gasteiger charge is -2.34. The van der Waals surface area contributed by atoms with E-state index in [9.17, 15) is 0 Å². The first kappa shape index (κ1) is 36.0. The van der Waals surface area contributed by atoms with Crippen LogP contribution < -0.4 is 0 Å². The van der Waals surface area contributed by atoms with Crippen LogP contribution >= 0.6 is 6.12 Å². The topological polar surface area (TPSA) is 18.5 Å². The average Bonchev–Trinajstić information content (AvgIpc) is 2.84. The monoisotopic (exact) mass is 549 g/mol. The van der Waals surface area contributed by atoms with Crippen molar-refractivity contribution in [3.63, 3.8) is 0 Å². The minimum Gasteiger partial charge on any atom is -0.516 e. The van der Waals surface area contributed by atoms with E-state index in [4.69, 9.17) is 33.5 Å². The first-order valence-corrected chi connectivity index (χ1v) is 19.4. The average molecular weight is 550 g/mol. The quantitative estimate of drug-likeness (QED) is 0.0503. The van der Waals surface area contributed by atoms with Gasteiger partial charge in [0.05, 0.1) is 13.2 Å². The van der Waals surface area contributed by atoms with E-state index in [2.05, 4.69) is 13.8 Å². The van der Waals surface area contributed by atoms with Crippen LogP contribution in [0.15, 0.2) is 0 Å². The Hall–Kier alpha value is 1.05. The molecule has 0 aromatic rings. The van der Waals surface area contributed by atoms with Crippen LogP contribution in [0.1, 0.15) is 181 Å². The van der Waals surface area contributed by atoms with Crippen molar-refractivity contribution in [2.45, 2.75) is 181 Å². The second kappa shape index (κ2) is 29.6. The van der Waals surface area contributed by atoms with Crippen molar-refractivity contribution in [3.8, 4) is 0 Å². The van der Waals surface area contributed by atoms with E-state index in [0.717, 1.165) is 12.8 Å². The van der Waals surface area contributed by atoms with Gasteiger partial charge in [0.2, 0.25) is 0 Å². The molecule has 0 atom stereocenters. The van der Waals surface area contributed by atoms with Crippen molar-refractivity contribution in [2.24, 2.45) is 0 Å². The zero-order valence-electron chi connectivity index (χ0n) is 23.9. The molecule has 0 heterocycles. The first-order valence-electron chi connectivity index (χ1n) is 15.7. The van der Waals surface area contributed by atoms with E-state index in [1.165, 1.54) is 154 Å². The Morgan fingerprint density at radius 3 is 0.771 bits per heavy atom. The lowest BCUT2D eigenvalue weighted by atomic mass is 10.0. The molecule has 0 saturated carbocycles. The van der Waals surface area contributed by atoms with E-state index in [0.29, 0.717) is 13.2 Å². The van der Waals surface area contributed by atoms with Gasteiger partial charge in [-0.2, -0.15) is 0 Å². The van der Waals surface area contributed by atoms with Crippen LogP contribution in [0.25, 0.3) is 0 Å². The molecule has 0 aliphatic heterocycles. The van der Waals surface area contributed by atoms with Gasteiger partial charge in [-0.3, -0.25) is 9.05 Å². The van der Waals surface area contributed by atoms with Crippen molar-refractivity contribution >= 4 is 30.6 Å². The van der Waals surface area contributed by atoms with Crippen LogP contribution in [0.5, 0.6) is 0 Å². The van der Waals surface area contributed by atoms with Crippen LogP contribution in [0.3, 0.4) is 0 Å². The van der Waals surface area contributed by atoms with Gasteiger partial charge in [0.1, 0.15) is 0 Å². The normalized spacial score (nSPS) is 12.0. The molecule has 0 unspecified atom stereocenters. The highest BCUT2D eigenvalue weighted by Gasteiger charge is 2.10. The van der Waals surface area contributed by atoms with Gasteiger partial charge < -0.3 is 24.5 Å². The fourth-order valence-corrected chi connectivity index (χ4v) is 6.30. The molecular weight excluding hydrogens is 487 g/mol. The van der Waals surface area contributed by atoms with E-state index in [1.54, 1.807) is 0 Å². The van der Waals surface area contributed by atoms with Gasteiger partial charge in [0.25, 0.3) is 0 Å². The van der Waals surface area contributed by atoms with Crippen LogP contribution in [-0.4, -0.2) is 13.2 Å². The van der Waals surface area contributed by atoms with E-state index >= 15 is 0 Å². The third kappa shape index (κ3) is 31.2. The van der Waals surface area contributed by atoms with Crippen LogP contribution in [0, 0.1) is 0 Å². The van der Waals surface area contributed by atoms with Crippen molar-refractivity contribution in [3.05, 3.63) is 0 Å². The van der Waals surface area contributed by atoms with Gasteiger partial charge in [-0.15, -0.1) is 0 Å². The lowest BCUT2D eigenvalue weighted by molar-refractivity contribution is 0.247. The highest BCUT2D eigenvalue weighted by Crippen LogP contribution is 2.56. The zero-order valence-corrected chi connectivity index (χ0v) is 26.4.